The Bertz CT molecular complexity index is 819. The van der Waals surface area contributed by atoms with Gasteiger partial charge in [0.15, 0.2) is 6.61 Å². The minimum Gasteiger partial charge on any atom is -0.493 e. The molecule has 1 N–H and O–H groups in total. The molecule has 0 saturated carbocycles. The summed E-state index contributed by atoms with van der Waals surface area (Å²) >= 11 is 3.42. The number of aryl methyl sites for hydroxylation is 1. The standard InChI is InChI=1S/C21H25BrN2O3/c1-5-26-19-9-7-17(22)11-16(19)12-23-24-21(25)13-27-20-10-15(4)6-8-18(20)14(2)3/h6-12,14H,5,13H2,1-4H3,(H,24,25)/b23-12-. The third kappa shape index (κ3) is 6.40. The van der Waals surface area contributed by atoms with E-state index in [9.17, 15) is 4.79 Å². The first-order chi connectivity index (χ1) is 12.9. The Morgan fingerprint density at radius 3 is 2.67 bits per heavy atom. The fourth-order valence-corrected chi connectivity index (χ4v) is 2.88. The Morgan fingerprint density at radius 1 is 1.19 bits per heavy atom. The Kier molecular flexibility index (Phi) is 7.85. The van der Waals surface area contributed by atoms with Crippen LogP contribution in [0.5, 0.6) is 11.5 Å². The summed E-state index contributed by atoms with van der Waals surface area (Å²) in [5, 5.41) is 4.01. The minimum atomic E-state index is -0.324. The fourth-order valence-electron chi connectivity index (χ4n) is 2.50. The van der Waals surface area contributed by atoms with Crippen molar-refractivity contribution in [3.05, 3.63) is 57.6 Å². The highest BCUT2D eigenvalue weighted by Gasteiger charge is 2.10. The lowest BCUT2D eigenvalue weighted by Crippen LogP contribution is -2.25. The first-order valence-corrected chi connectivity index (χ1v) is 9.67. The predicted molar refractivity (Wildman–Crippen MR) is 112 cm³/mol. The average Bonchev–Trinajstić information content (AvgIpc) is 2.62. The quantitative estimate of drug-likeness (QED) is 0.480. The first kappa shape index (κ1) is 21.0. The van der Waals surface area contributed by atoms with Crippen LogP contribution in [0.3, 0.4) is 0 Å². The Balaban J connectivity index is 1.97. The van der Waals surface area contributed by atoms with Crippen molar-refractivity contribution >= 4 is 28.1 Å². The lowest BCUT2D eigenvalue weighted by molar-refractivity contribution is -0.123. The van der Waals surface area contributed by atoms with Crippen LogP contribution in [0.15, 0.2) is 46.0 Å². The van der Waals surface area contributed by atoms with Crippen molar-refractivity contribution in [3.8, 4) is 11.5 Å². The number of carbonyl (C=O) groups excluding carboxylic acids is 1. The Morgan fingerprint density at radius 2 is 1.96 bits per heavy atom. The van der Waals surface area contributed by atoms with Crippen LogP contribution < -0.4 is 14.9 Å². The maximum Gasteiger partial charge on any atom is 0.277 e. The van der Waals surface area contributed by atoms with Crippen LogP contribution in [-0.4, -0.2) is 25.3 Å². The second-order valence-electron chi connectivity index (χ2n) is 6.39. The van der Waals surface area contributed by atoms with Crippen molar-refractivity contribution in [3.63, 3.8) is 0 Å². The molecule has 0 aliphatic carbocycles. The van der Waals surface area contributed by atoms with Gasteiger partial charge in [0.25, 0.3) is 5.91 Å². The molecule has 0 aliphatic rings. The number of carbonyl (C=O) groups is 1. The second-order valence-corrected chi connectivity index (χ2v) is 7.31. The topological polar surface area (TPSA) is 59.9 Å². The molecular weight excluding hydrogens is 408 g/mol. The Hall–Kier alpha value is -2.34. The van der Waals surface area contributed by atoms with Gasteiger partial charge in [-0.2, -0.15) is 5.10 Å². The first-order valence-electron chi connectivity index (χ1n) is 8.88. The highest BCUT2D eigenvalue weighted by Crippen LogP contribution is 2.27. The molecule has 1 amide bonds. The smallest absolute Gasteiger partial charge is 0.277 e. The number of nitrogens with zero attached hydrogens (tertiary/aromatic N) is 1. The molecule has 2 rings (SSSR count). The van der Waals surface area contributed by atoms with Gasteiger partial charge >= 0.3 is 0 Å². The van der Waals surface area contributed by atoms with Gasteiger partial charge in [-0.1, -0.05) is 41.9 Å². The molecule has 144 valence electrons. The van der Waals surface area contributed by atoms with Gasteiger partial charge in [0.1, 0.15) is 11.5 Å². The lowest BCUT2D eigenvalue weighted by atomic mass is 10.0. The molecule has 0 heterocycles. The number of hydrogen-bond acceptors (Lipinski definition) is 4. The summed E-state index contributed by atoms with van der Waals surface area (Å²) in [6.45, 7) is 8.55. The van der Waals surface area contributed by atoms with Crippen molar-refractivity contribution in [2.24, 2.45) is 5.10 Å². The van der Waals surface area contributed by atoms with E-state index in [1.807, 2.05) is 50.2 Å². The van der Waals surface area contributed by atoms with Crippen molar-refractivity contribution in [1.29, 1.82) is 0 Å². The number of ether oxygens (including phenoxy) is 2. The van der Waals surface area contributed by atoms with Gasteiger partial charge in [0.05, 0.1) is 12.8 Å². The van der Waals surface area contributed by atoms with E-state index in [-0.39, 0.29) is 12.5 Å². The van der Waals surface area contributed by atoms with Crippen LogP contribution in [0.25, 0.3) is 0 Å². The number of hydrogen-bond donors (Lipinski definition) is 1. The summed E-state index contributed by atoms with van der Waals surface area (Å²) in [6.07, 6.45) is 1.56. The van der Waals surface area contributed by atoms with E-state index in [2.05, 4.69) is 40.3 Å². The van der Waals surface area contributed by atoms with E-state index in [0.717, 1.165) is 26.9 Å². The second kappa shape index (κ2) is 10.1. The minimum absolute atomic E-state index is 0.0999. The monoisotopic (exact) mass is 432 g/mol. The summed E-state index contributed by atoms with van der Waals surface area (Å²) in [5.41, 5.74) is 5.42. The maximum absolute atomic E-state index is 12.1. The van der Waals surface area contributed by atoms with E-state index in [1.165, 1.54) is 0 Å². The maximum atomic E-state index is 12.1. The molecule has 6 heteroatoms. The summed E-state index contributed by atoms with van der Waals surface area (Å²) in [5.74, 6) is 1.43. The number of halogens is 1. The summed E-state index contributed by atoms with van der Waals surface area (Å²) < 4.78 is 12.2. The number of benzene rings is 2. The molecule has 27 heavy (non-hydrogen) atoms. The van der Waals surface area contributed by atoms with Crippen LogP contribution in [0.4, 0.5) is 0 Å². The van der Waals surface area contributed by atoms with Crippen LogP contribution in [-0.2, 0) is 4.79 Å². The molecule has 0 fully saturated rings. The molecule has 0 saturated heterocycles. The van der Waals surface area contributed by atoms with Gasteiger partial charge in [-0.3, -0.25) is 4.79 Å². The molecule has 2 aromatic carbocycles. The third-order valence-corrected chi connectivity index (χ3v) is 4.31. The zero-order valence-corrected chi connectivity index (χ0v) is 17.7. The van der Waals surface area contributed by atoms with Crippen LogP contribution in [0.1, 0.15) is 43.4 Å². The van der Waals surface area contributed by atoms with E-state index in [4.69, 9.17) is 9.47 Å². The predicted octanol–water partition coefficient (Wildman–Crippen LogP) is 4.81. The lowest BCUT2D eigenvalue weighted by Gasteiger charge is -2.14. The van der Waals surface area contributed by atoms with Crippen molar-refractivity contribution < 1.29 is 14.3 Å². The highest BCUT2D eigenvalue weighted by atomic mass is 79.9. The van der Waals surface area contributed by atoms with Crippen molar-refractivity contribution in [2.75, 3.05) is 13.2 Å². The molecule has 0 bridgehead atoms. The molecule has 0 radical (unpaired) electrons. The summed E-state index contributed by atoms with van der Waals surface area (Å²) in [6, 6.07) is 11.6. The molecule has 2 aromatic rings. The van der Waals surface area contributed by atoms with E-state index in [0.29, 0.717) is 18.3 Å². The molecule has 0 atom stereocenters. The van der Waals surface area contributed by atoms with Crippen LogP contribution >= 0.6 is 15.9 Å². The summed E-state index contributed by atoms with van der Waals surface area (Å²) in [7, 11) is 0. The van der Waals surface area contributed by atoms with Gasteiger partial charge in [0, 0.05) is 10.0 Å². The average molecular weight is 433 g/mol. The van der Waals surface area contributed by atoms with Gasteiger partial charge < -0.3 is 9.47 Å². The van der Waals surface area contributed by atoms with Gasteiger partial charge in [-0.25, -0.2) is 5.43 Å². The third-order valence-electron chi connectivity index (χ3n) is 3.81. The van der Waals surface area contributed by atoms with Gasteiger partial charge in [-0.05, 0) is 55.2 Å². The van der Waals surface area contributed by atoms with Crippen LogP contribution in [0, 0.1) is 6.92 Å². The number of amides is 1. The van der Waals surface area contributed by atoms with Gasteiger partial charge in [-0.15, -0.1) is 0 Å². The normalized spacial score (nSPS) is 11.0. The SMILES string of the molecule is CCOc1ccc(Br)cc1/C=N\NC(=O)COc1cc(C)ccc1C(C)C. The summed E-state index contributed by atoms with van der Waals surface area (Å²) in [4.78, 5) is 12.1. The van der Waals surface area contributed by atoms with E-state index >= 15 is 0 Å². The zero-order chi connectivity index (χ0) is 19.8. The van der Waals surface area contributed by atoms with Crippen LogP contribution in [0.2, 0.25) is 0 Å². The van der Waals surface area contributed by atoms with E-state index < -0.39 is 0 Å². The van der Waals surface area contributed by atoms with Gasteiger partial charge in [0.2, 0.25) is 0 Å². The number of rotatable bonds is 8. The molecular formula is C21H25BrN2O3. The molecule has 5 nitrogen and oxygen atoms in total. The zero-order valence-electron chi connectivity index (χ0n) is 16.1. The highest BCUT2D eigenvalue weighted by molar-refractivity contribution is 9.10. The molecule has 0 aliphatic heterocycles. The fraction of sp³-hybridized carbons (Fsp3) is 0.333. The number of nitrogens with one attached hydrogen (secondary N) is 1. The molecule has 0 unspecified atom stereocenters. The van der Waals surface area contributed by atoms with E-state index in [1.54, 1.807) is 6.21 Å². The molecule has 0 aromatic heterocycles. The Labute approximate surface area is 168 Å². The number of hydrazone groups is 1. The molecule has 0 spiro atoms. The largest absolute Gasteiger partial charge is 0.493 e. The van der Waals surface area contributed by atoms with Crippen molar-refractivity contribution in [2.45, 2.75) is 33.6 Å². The van der Waals surface area contributed by atoms with Crippen molar-refractivity contribution in [1.82, 2.24) is 5.43 Å².